The summed E-state index contributed by atoms with van der Waals surface area (Å²) in [7, 11) is 0. The zero-order valence-corrected chi connectivity index (χ0v) is 9.93. The predicted octanol–water partition coefficient (Wildman–Crippen LogP) is 1.13. The highest BCUT2D eigenvalue weighted by atomic mass is 32.2. The summed E-state index contributed by atoms with van der Waals surface area (Å²) in [4.78, 5) is 11.1. The second-order valence-corrected chi connectivity index (χ2v) is 4.59. The molecule has 18 heavy (non-hydrogen) atoms. The van der Waals surface area contributed by atoms with Crippen molar-refractivity contribution in [3.8, 4) is 11.5 Å². The van der Waals surface area contributed by atoms with Crippen LogP contribution in [0.5, 0.6) is 11.5 Å². The molecule has 98 valence electrons. The maximum atomic E-state index is 13.3. The predicted molar refractivity (Wildman–Crippen MR) is 60.6 cm³/mol. The molecule has 0 atom stereocenters. The number of fused-ring (bicyclic) bond motifs is 1. The third-order valence-electron chi connectivity index (χ3n) is 2.16. The minimum absolute atomic E-state index is 0.0905. The number of alkyl halides is 2. The first kappa shape index (κ1) is 12.9. The van der Waals surface area contributed by atoms with Gasteiger partial charge in [0.05, 0.1) is 0 Å². The third-order valence-corrected chi connectivity index (χ3v) is 3.09. The Morgan fingerprint density at radius 1 is 1.33 bits per heavy atom. The molecule has 1 aromatic rings. The number of benzene rings is 1. The molecule has 1 heterocycles. The lowest BCUT2D eigenvalue weighted by atomic mass is 10.3. The van der Waals surface area contributed by atoms with E-state index in [1.165, 1.54) is 23.6 Å². The number of halogens is 2. The molecular weight excluding hydrogens is 266 g/mol. The molecule has 1 aliphatic rings. The number of rotatable bonds is 3. The molecule has 0 saturated heterocycles. The number of thioether (sulfide) groups is 1. The Morgan fingerprint density at radius 2 is 2.00 bits per heavy atom. The van der Waals surface area contributed by atoms with Crippen molar-refractivity contribution in [2.75, 3.05) is 13.2 Å². The number of carbonyl (C=O) groups excluding carboxylic acids is 1. The number of carbonyl (C=O) groups is 1. The lowest BCUT2D eigenvalue weighted by Gasteiger charge is -2.19. The van der Waals surface area contributed by atoms with Crippen molar-refractivity contribution in [3.05, 3.63) is 18.2 Å². The number of nitrogens with two attached hydrogens (primary N) is 1. The number of ether oxygens (including phenoxy) is 2. The Morgan fingerprint density at radius 3 is 2.67 bits per heavy atom. The number of hydrazine groups is 1. The summed E-state index contributed by atoms with van der Waals surface area (Å²) in [5.41, 5.74) is 1.42. The fourth-order valence-corrected chi connectivity index (χ4v) is 2.12. The Labute approximate surface area is 106 Å². The summed E-state index contributed by atoms with van der Waals surface area (Å²) in [6.07, 6.45) is 0. The first-order valence-electron chi connectivity index (χ1n) is 5.00. The number of hydrogen-bond acceptors (Lipinski definition) is 5. The summed E-state index contributed by atoms with van der Waals surface area (Å²) in [5, 5.41) is -3.64. The van der Waals surface area contributed by atoms with Crippen molar-refractivity contribution in [2.24, 2.45) is 5.84 Å². The molecular formula is C10H10F2N2O3S. The average molecular weight is 276 g/mol. The molecule has 0 radical (unpaired) electrons. The Bertz CT molecular complexity index is 470. The average Bonchev–Trinajstić information content (AvgIpc) is 2.37. The van der Waals surface area contributed by atoms with Crippen molar-refractivity contribution in [3.63, 3.8) is 0 Å². The second kappa shape index (κ2) is 4.99. The fraction of sp³-hybridized carbons (Fsp3) is 0.300. The van der Waals surface area contributed by atoms with E-state index >= 15 is 0 Å². The fourth-order valence-electron chi connectivity index (χ4n) is 1.37. The highest BCUT2D eigenvalue weighted by molar-refractivity contribution is 8.01. The van der Waals surface area contributed by atoms with Crippen molar-refractivity contribution < 1.29 is 23.0 Å². The van der Waals surface area contributed by atoms with Gasteiger partial charge in [0.2, 0.25) is 0 Å². The molecule has 0 unspecified atom stereocenters. The summed E-state index contributed by atoms with van der Waals surface area (Å²) >= 11 is 0.0905. The summed E-state index contributed by atoms with van der Waals surface area (Å²) in [6, 6.07) is 4.35. The molecule has 3 N–H and O–H groups in total. The van der Waals surface area contributed by atoms with E-state index in [1.54, 1.807) is 0 Å². The largest absolute Gasteiger partial charge is 0.486 e. The topological polar surface area (TPSA) is 73.6 Å². The monoisotopic (exact) mass is 276 g/mol. The molecule has 8 heteroatoms. The molecule has 0 aliphatic carbocycles. The SMILES string of the molecule is NNC(=O)C(F)(F)Sc1ccc2c(c1)OCCO2. The van der Waals surface area contributed by atoms with Gasteiger partial charge in [-0.2, -0.15) is 8.78 Å². The maximum Gasteiger partial charge on any atom is 0.376 e. The maximum absolute atomic E-state index is 13.3. The molecule has 0 bridgehead atoms. The van der Waals surface area contributed by atoms with Gasteiger partial charge in [-0.3, -0.25) is 10.2 Å². The number of hydrogen-bond donors (Lipinski definition) is 2. The van der Waals surface area contributed by atoms with Crippen LogP contribution in [0.15, 0.2) is 23.1 Å². The van der Waals surface area contributed by atoms with Crippen molar-refractivity contribution in [1.29, 1.82) is 0 Å². The quantitative estimate of drug-likeness (QED) is 0.375. The molecule has 0 saturated carbocycles. The number of nitrogens with one attached hydrogen (secondary N) is 1. The van der Waals surface area contributed by atoms with Crippen LogP contribution in [0.3, 0.4) is 0 Å². The third kappa shape index (κ3) is 2.65. The molecule has 2 rings (SSSR count). The van der Waals surface area contributed by atoms with Crippen LogP contribution in [0.1, 0.15) is 0 Å². The number of amides is 1. The summed E-state index contributed by atoms with van der Waals surface area (Å²) < 4.78 is 37.2. The molecule has 0 fully saturated rings. The standard InChI is InChI=1S/C10H10F2N2O3S/c11-10(12,9(15)14-13)18-6-1-2-7-8(5-6)17-4-3-16-7/h1-2,5H,3-4,13H2,(H,14,15). The minimum atomic E-state index is -3.64. The lowest BCUT2D eigenvalue weighted by molar-refractivity contribution is -0.134. The molecule has 0 aromatic heterocycles. The van der Waals surface area contributed by atoms with Crippen LogP contribution in [-0.4, -0.2) is 24.4 Å². The highest BCUT2D eigenvalue weighted by Gasteiger charge is 2.40. The van der Waals surface area contributed by atoms with E-state index in [2.05, 4.69) is 5.84 Å². The van der Waals surface area contributed by atoms with E-state index in [9.17, 15) is 13.6 Å². The van der Waals surface area contributed by atoms with Gasteiger partial charge >= 0.3 is 11.2 Å². The normalized spacial score (nSPS) is 14.2. The van der Waals surface area contributed by atoms with E-state index in [0.717, 1.165) is 0 Å². The van der Waals surface area contributed by atoms with Gasteiger partial charge in [0.1, 0.15) is 13.2 Å². The first-order chi connectivity index (χ1) is 8.53. The van der Waals surface area contributed by atoms with Gasteiger partial charge in [0.15, 0.2) is 11.5 Å². The highest BCUT2D eigenvalue weighted by Crippen LogP contribution is 2.40. The van der Waals surface area contributed by atoms with Crippen LogP contribution in [0, 0.1) is 0 Å². The lowest BCUT2D eigenvalue weighted by Crippen LogP contribution is -2.41. The molecule has 5 nitrogen and oxygen atoms in total. The van der Waals surface area contributed by atoms with E-state index in [4.69, 9.17) is 9.47 Å². The van der Waals surface area contributed by atoms with E-state index in [-0.39, 0.29) is 16.7 Å². The summed E-state index contributed by atoms with van der Waals surface area (Å²) in [6.45, 7) is 0.784. The first-order valence-corrected chi connectivity index (χ1v) is 5.82. The molecule has 1 aromatic carbocycles. The van der Waals surface area contributed by atoms with E-state index in [0.29, 0.717) is 24.7 Å². The van der Waals surface area contributed by atoms with Crippen LogP contribution in [0.2, 0.25) is 0 Å². The van der Waals surface area contributed by atoms with Gasteiger partial charge in [-0.05, 0) is 30.0 Å². The van der Waals surface area contributed by atoms with Gasteiger partial charge in [-0.15, -0.1) is 0 Å². The molecule has 1 amide bonds. The Hall–Kier alpha value is -1.54. The van der Waals surface area contributed by atoms with Crippen LogP contribution >= 0.6 is 11.8 Å². The summed E-state index contributed by atoms with van der Waals surface area (Å²) in [5.74, 6) is 4.01. The van der Waals surface area contributed by atoms with E-state index < -0.39 is 11.2 Å². The van der Waals surface area contributed by atoms with Crippen molar-refractivity contribution in [2.45, 2.75) is 10.2 Å². The van der Waals surface area contributed by atoms with Gasteiger partial charge in [0, 0.05) is 4.90 Å². The van der Waals surface area contributed by atoms with Crippen LogP contribution in [-0.2, 0) is 4.79 Å². The zero-order valence-electron chi connectivity index (χ0n) is 9.11. The van der Waals surface area contributed by atoms with Crippen LogP contribution in [0.4, 0.5) is 8.78 Å². The van der Waals surface area contributed by atoms with Gasteiger partial charge < -0.3 is 9.47 Å². The van der Waals surface area contributed by atoms with Crippen molar-refractivity contribution in [1.82, 2.24) is 5.43 Å². The van der Waals surface area contributed by atoms with Crippen LogP contribution in [0.25, 0.3) is 0 Å². The van der Waals surface area contributed by atoms with Gasteiger partial charge in [-0.1, -0.05) is 0 Å². The Balaban J connectivity index is 2.17. The van der Waals surface area contributed by atoms with Crippen molar-refractivity contribution >= 4 is 17.7 Å². The second-order valence-electron chi connectivity index (χ2n) is 3.40. The van der Waals surface area contributed by atoms with Gasteiger partial charge in [-0.25, -0.2) is 5.84 Å². The van der Waals surface area contributed by atoms with Gasteiger partial charge in [0.25, 0.3) is 0 Å². The molecule has 0 spiro atoms. The van der Waals surface area contributed by atoms with E-state index in [1.807, 2.05) is 0 Å². The molecule has 1 aliphatic heterocycles. The smallest absolute Gasteiger partial charge is 0.376 e. The Kier molecular flexibility index (Phi) is 3.58. The van der Waals surface area contributed by atoms with Crippen LogP contribution < -0.4 is 20.7 Å². The minimum Gasteiger partial charge on any atom is -0.486 e. The zero-order chi connectivity index (χ0) is 13.2.